The van der Waals surface area contributed by atoms with E-state index in [2.05, 4.69) is 10.6 Å². The highest BCUT2D eigenvalue weighted by atomic mass is 32.1. The molecule has 0 radical (unpaired) electrons. The number of hydrogen-bond donors (Lipinski definition) is 2. The van der Waals surface area contributed by atoms with Crippen LogP contribution in [0.3, 0.4) is 0 Å². The van der Waals surface area contributed by atoms with Crippen LogP contribution in [0, 0.1) is 0 Å². The van der Waals surface area contributed by atoms with Gasteiger partial charge in [-0.1, -0.05) is 60.7 Å². The van der Waals surface area contributed by atoms with Crippen molar-refractivity contribution in [2.45, 2.75) is 12.2 Å². The van der Waals surface area contributed by atoms with E-state index >= 15 is 0 Å². The molecule has 3 aromatic carbocycles. The van der Waals surface area contributed by atoms with Crippen LogP contribution in [0.5, 0.6) is 0 Å². The van der Waals surface area contributed by atoms with Crippen LogP contribution in [0.4, 0.5) is 13.2 Å². The lowest BCUT2D eigenvalue weighted by Crippen LogP contribution is -2.41. The van der Waals surface area contributed by atoms with Gasteiger partial charge in [0.25, 0.3) is 5.91 Å². The summed E-state index contributed by atoms with van der Waals surface area (Å²) in [6, 6.07) is 22.0. The average molecular weight is 414 g/mol. The van der Waals surface area contributed by atoms with Crippen molar-refractivity contribution in [3.63, 3.8) is 0 Å². The minimum absolute atomic E-state index is 0.0765. The molecule has 0 saturated heterocycles. The lowest BCUT2D eigenvalue weighted by Gasteiger charge is -2.22. The van der Waals surface area contributed by atoms with Crippen LogP contribution < -0.4 is 10.6 Å². The summed E-state index contributed by atoms with van der Waals surface area (Å²) >= 11 is 5.27. The number of alkyl halides is 3. The van der Waals surface area contributed by atoms with Crippen molar-refractivity contribution in [1.82, 2.24) is 10.6 Å². The normalized spacial score (nSPS) is 12.1. The second-order valence-corrected chi connectivity index (χ2v) is 6.67. The van der Waals surface area contributed by atoms with E-state index in [1.165, 1.54) is 12.1 Å². The Morgan fingerprint density at radius 3 is 1.86 bits per heavy atom. The van der Waals surface area contributed by atoms with Gasteiger partial charge in [0.2, 0.25) is 0 Å². The summed E-state index contributed by atoms with van der Waals surface area (Å²) in [5, 5.41) is 5.71. The van der Waals surface area contributed by atoms with Gasteiger partial charge in [0.15, 0.2) is 5.11 Å². The molecule has 1 atom stereocenters. The van der Waals surface area contributed by atoms with E-state index in [9.17, 15) is 18.0 Å². The van der Waals surface area contributed by atoms with Crippen LogP contribution >= 0.6 is 12.2 Å². The van der Waals surface area contributed by atoms with Crippen molar-refractivity contribution >= 4 is 23.2 Å². The molecule has 0 bridgehead atoms. The second kappa shape index (κ2) is 8.87. The van der Waals surface area contributed by atoms with Crippen LogP contribution in [0.2, 0.25) is 0 Å². The smallest absolute Gasteiger partial charge is 0.351 e. The lowest BCUT2D eigenvalue weighted by atomic mass is 9.98. The monoisotopic (exact) mass is 414 g/mol. The number of hydrogen-bond acceptors (Lipinski definition) is 2. The maximum Gasteiger partial charge on any atom is 0.416 e. The zero-order valence-corrected chi connectivity index (χ0v) is 15.9. The van der Waals surface area contributed by atoms with Crippen LogP contribution in [-0.4, -0.2) is 11.0 Å². The Kier molecular flexibility index (Phi) is 6.29. The molecule has 0 aliphatic rings. The highest BCUT2D eigenvalue weighted by Gasteiger charge is 2.30. The molecule has 3 nitrogen and oxygen atoms in total. The van der Waals surface area contributed by atoms with Gasteiger partial charge < -0.3 is 5.32 Å². The summed E-state index contributed by atoms with van der Waals surface area (Å²) < 4.78 is 38.6. The Hall–Kier alpha value is -3.19. The molecule has 0 spiro atoms. The molecule has 3 rings (SSSR count). The van der Waals surface area contributed by atoms with E-state index in [-0.39, 0.29) is 11.0 Å². The second-order valence-electron chi connectivity index (χ2n) is 6.26. The largest absolute Gasteiger partial charge is 0.416 e. The fourth-order valence-corrected chi connectivity index (χ4v) is 3.01. The Morgan fingerprint density at radius 1 is 0.793 bits per heavy atom. The number of thiocarbonyl (C=S) groups is 1. The first kappa shape index (κ1) is 20.5. The minimum atomic E-state index is -4.41. The number of amides is 1. The van der Waals surface area contributed by atoms with E-state index in [4.69, 9.17) is 12.2 Å². The van der Waals surface area contributed by atoms with Crippen LogP contribution in [-0.2, 0) is 6.18 Å². The third-order valence-electron chi connectivity index (χ3n) is 4.24. The predicted molar refractivity (Wildman–Crippen MR) is 109 cm³/mol. The van der Waals surface area contributed by atoms with Gasteiger partial charge in [0, 0.05) is 5.56 Å². The molecule has 0 fully saturated rings. The van der Waals surface area contributed by atoms with E-state index in [0.717, 1.165) is 17.7 Å². The summed E-state index contributed by atoms with van der Waals surface area (Å²) in [5.74, 6) is -0.373. The molecule has 0 aliphatic carbocycles. The Bertz CT molecular complexity index is 974. The third kappa shape index (κ3) is 5.42. The van der Waals surface area contributed by atoms with E-state index in [1.807, 2.05) is 30.3 Å². The number of benzene rings is 3. The standard InChI is InChI=1S/C22H17F3N2OS/c23-22(24,25)18-13-11-16(12-14-18)19(15-7-3-1-4-8-15)26-21(29)27-20(28)17-9-5-2-6-10-17/h1-14,19H,(H2,26,27,28,29). The van der Waals surface area contributed by atoms with Crippen LogP contribution in [0.15, 0.2) is 84.9 Å². The quantitative estimate of drug-likeness (QED) is 0.584. The molecule has 7 heteroatoms. The summed E-state index contributed by atoms with van der Waals surface area (Å²) in [5.41, 5.74) is 1.10. The molecule has 1 unspecified atom stereocenters. The van der Waals surface area contributed by atoms with Gasteiger partial charge in [0.05, 0.1) is 11.6 Å². The highest BCUT2D eigenvalue weighted by Crippen LogP contribution is 2.31. The van der Waals surface area contributed by atoms with Crippen LogP contribution in [0.25, 0.3) is 0 Å². The van der Waals surface area contributed by atoms with Gasteiger partial charge in [-0.2, -0.15) is 13.2 Å². The van der Waals surface area contributed by atoms with Crippen molar-refractivity contribution in [1.29, 1.82) is 0 Å². The first-order chi connectivity index (χ1) is 13.8. The van der Waals surface area contributed by atoms with Crippen LogP contribution in [0.1, 0.15) is 33.1 Å². The molecule has 2 N–H and O–H groups in total. The molecule has 3 aromatic rings. The summed E-state index contributed by atoms with van der Waals surface area (Å²) in [7, 11) is 0. The summed E-state index contributed by atoms with van der Waals surface area (Å²) in [6.07, 6.45) is -4.41. The zero-order valence-electron chi connectivity index (χ0n) is 15.1. The fourth-order valence-electron chi connectivity index (χ4n) is 2.80. The van der Waals surface area contributed by atoms with Crippen molar-refractivity contribution < 1.29 is 18.0 Å². The molecule has 0 aromatic heterocycles. The molecule has 29 heavy (non-hydrogen) atoms. The van der Waals surface area contributed by atoms with Gasteiger partial charge in [0.1, 0.15) is 0 Å². The summed E-state index contributed by atoms with van der Waals surface area (Å²) in [4.78, 5) is 12.3. The fraction of sp³-hybridized carbons (Fsp3) is 0.0909. The van der Waals surface area contributed by atoms with Crippen molar-refractivity contribution in [3.05, 3.63) is 107 Å². The maximum atomic E-state index is 12.9. The Balaban J connectivity index is 1.81. The van der Waals surface area contributed by atoms with Crippen molar-refractivity contribution in [2.24, 2.45) is 0 Å². The molecule has 0 aliphatic heterocycles. The highest BCUT2D eigenvalue weighted by molar-refractivity contribution is 7.80. The molecular weight excluding hydrogens is 397 g/mol. The SMILES string of the molecule is O=C(NC(=S)NC(c1ccccc1)c1ccc(C(F)(F)F)cc1)c1ccccc1. The minimum Gasteiger partial charge on any atom is -0.351 e. The van der Waals surface area contributed by atoms with Gasteiger partial charge in [-0.05, 0) is 47.6 Å². The predicted octanol–water partition coefficient (Wildman–Crippen LogP) is 5.10. The molecule has 0 saturated carbocycles. The average Bonchev–Trinajstić information content (AvgIpc) is 2.73. The van der Waals surface area contributed by atoms with Crippen molar-refractivity contribution in [2.75, 3.05) is 0 Å². The third-order valence-corrected chi connectivity index (χ3v) is 4.46. The lowest BCUT2D eigenvalue weighted by molar-refractivity contribution is -0.137. The van der Waals surface area contributed by atoms with Gasteiger partial charge in [-0.15, -0.1) is 0 Å². The number of carbonyl (C=O) groups excluding carboxylic acids is 1. The number of nitrogens with one attached hydrogen (secondary N) is 2. The van der Waals surface area contributed by atoms with Gasteiger partial charge in [-0.25, -0.2) is 0 Å². The number of halogens is 3. The number of carbonyl (C=O) groups is 1. The first-order valence-electron chi connectivity index (χ1n) is 8.73. The topological polar surface area (TPSA) is 41.1 Å². The molecule has 1 amide bonds. The van der Waals surface area contributed by atoms with Gasteiger partial charge >= 0.3 is 6.18 Å². The van der Waals surface area contributed by atoms with Crippen molar-refractivity contribution in [3.8, 4) is 0 Å². The zero-order chi connectivity index (χ0) is 20.9. The first-order valence-corrected chi connectivity index (χ1v) is 9.14. The Labute approximate surface area is 171 Å². The maximum absolute atomic E-state index is 12.9. The Morgan fingerprint density at radius 2 is 1.31 bits per heavy atom. The molecular formula is C22H17F3N2OS. The number of rotatable bonds is 4. The molecule has 148 valence electrons. The van der Waals surface area contributed by atoms with Gasteiger partial charge in [-0.3, -0.25) is 10.1 Å². The molecule has 0 heterocycles. The van der Waals surface area contributed by atoms with E-state index in [0.29, 0.717) is 11.1 Å². The van der Waals surface area contributed by atoms with E-state index < -0.39 is 17.8 Å². The summed E-state index contributed by atoms with van der Waals surface area (Å²) in [6.45, 7) is 0. The van der Waals surface area contributed by atoms with E-state index in [1.54, 1.807) is 30.3 Å².